The third kappa shape index (κ3) is 1.11. The summed E-state index contributed by atoms with van der Waals surface area (Å²) < 4.78 is 10.3. The fourth-order valence-electron chi connectivity index (χ4n) is 1.69. The van der Waals surface area contributed by atoms with Crippen molar-refractivity contribution in [1.82, 2.24) is 4.98 Å². The number of Topliss-reactive ketones (excluding diaryl/α,β-unsaturated/α-hetero) is 1. The van der Waals surface area contributed by atoms with Crippen molar-refractivity contribution in [3.05, 3.63) is 34.5 Å². The quantitative estimate of drug-likeness (QED) is 0.633. The summed E-state index contributed by atoms with van der Waals surface area (Å²) in [6.07, 6.45) is 0. The van der Waals surface area contributed by atoms with E-state index in [1.165, 1.54) is 6.92 Å². The van der Waals surface area contributed by atoms with E-state index in [0.717, 1.165) is 5.39 Å². The van der Waals surface area contributed by atoms with Gasteiger partial charge in [-0.2, -0.15) is 0 Å². The second kappa shape index (κ2) is 2.85. The lowest BCUT2D eigenvalue weighted by Gasteiger charge is -1.88. The molecule has 1 N–H and O–H groups in total. The molecule has 16 heavy (non-hydrogen) atoms. The number of oxazole rings is 1. The summed E-state index contributed by atoms with van der Waals surface area (Å²) in [5, 5.41) is 0.759. The molecule has 0 fully saturated rings. The number of carbonyl (C=O) groups excluding carboxylic acids is 1. The molecule has 0 aliphatic rings. The van der Waals surface area contributed by atoms with Gasteiger partial charge in [0.2, 0.25) is 0 Å². The summed E-state index contributed by atoms with van der Waals surface area (Å²) in [6, 6.07) is 5.04. The van der Waals surface area contributed by atoms with Gasteiger partial charge in [0.25, 0.3) is 0 Å². The Hall–Kier alpha value is -2.30. The zero-order valence-electron chi connectivity index (χ0n) is 8.37. The lowest BCUT2D eigenvalue weighted by Crippen LogP contribution is -1.93. The van der Waals surface area contributed by atoms with Crippen LogP contribution < -0.4 is 5.76 Å². The fraction of sp³-hybridized carbons (Fsp3) is 0.0909. The third-order valence-corrected chi connectivity index (χ3v) is 2.43. The van der Waals surface area contributed by atoms with E-state index in [0.29, 0.717) is 16.7 Å². The van der Waals surface area contributed by atoms with E-state index in [1.807, 2.05) is 0 Å². The van der Waals surface area contributed by atoms with Gasteiger partial charge < -0.3 is 8.83 Å². The van der Waals surface area contributed by atoms with E-state index in [2.05, 4.69) is 4.98 Å². The molecule has 0 radical (unpaired) electrons. The third-order valence-electron chi connectivity index (χ3n) is 2.43. The molecule has 0 saturated heterocycles. The highest BCUT2D eigenvalue weighted by molar-refractivity contribution is 6.03. The number of H-pyrrole nitrogens is 1. The largest absolute Gasteiger partial charge is 0.451 e. The van der Waals surface area contributed by atoms with Gasteiger partial charge >= 0.3 is 5.76 Å². The van der Waals surface area contributed by atoms with E-state index in [9.17, 15) is 9.59 Å². The summed E-state index contributed by atoms with van der Waals surface area (Å²) in [4.78, 5) is 24.7. The van der Waals surface area contributed by atoms with Crippen molar-refractivity contribution < 1.29 is 13.6 Å². The topological polar surface area (TPSA) is 76.2 Å². The van der Waals surface area contributed by atoms with Crippen molar-refractivity contribution in [3.63, 3.8) is 0 Å². The van der Waals surface area contributed by atoms with Gasteiger partial charge in [-0.1, -0.05) is 0 Å². The maximum absolute atomic E-state index is 11.2. The highest BCUT2D eigenvalue weighted by atomic mass is 16.4. The number of fused-ring (bicyclic) bond motifs is 3. The van der Waals surface area contributed by atoms with Crippen LogP contribution in [0.25, 0.3) is 22.1 Å². The van der Waals surface area contributed by atoms with Crippen molar-refractivity contribution in [3.8, 4) is 0 Å². The number of aromatic amines is 1. The average Bonchev–Trinajstić information content (AvgIpc) is 2.77. The fourth-order valence-corrected chi connectivity index (χ4v) is 1.69. The predicted molar refractivity (Wildman–Crippen MR) is 56.6 cm³/mol. The van der Waals surface area contributed by atoms with Crippen LogP contribution in [0.2, 0.25) is 0 Å². The molecule has 0 unspecified atom stereocenters. The van der Waals surface area contributed by atoms with Crippen LogP contribution in [-0.2, 0) is 0 Å². The van der Waals surface area contributed by atoms with Crippen LogP contribution in [0.5, 0.6) is 0 Å². The minimum atomic E-state index is -0.539. The van der Waals surface area contributed by atoms with Gasteiger partial charge in [-0.15, -0.1) is 0 Å². The summed E-state index contributed by atoms with van der Waals surface area (Å²) >= 11 is 0. The van der Waals surface area contributed by atoms with Crippen LogP contribution in [-0.4, -0.2) is 10.8 Å². The second-order valence-electron chi connectivity index (χ2n) is 3.54. The maximum Gasteiger partial charge on any atom is 0.417 e. The zero-order valence-corrected chi connectivity index (χ0v) is 8.37. The van der Waals surface area contributed by atoms with Gasteiger partial charge in [0.05, 0.1) is 0 Å². The summed E-state index contributed by atoms with van der Waals surface area (Å²) in [7, 11) is 0. The number of hydrogen-bond acceptors (Lipinski definition) is 4. The lowest BCUT2D eigenvalue weighted by molar-refractivity contribution is 0.0989. The van der Waals surface area contributed by atoms with Gasteiger partial charge in [0.15, 0.2) is 22.7 Å². The maximum atomic E-state index is 11.2. The molecule has 0 spiro atoms. The Kier molecular flexibility index (Phi) is 1.60. The zero-order chi connectivity index (χ0) is 11.3. The van der Waals surface area contributed by atoms with E-state index >= 15 is 0 Å². The smallest absolute Gasteiger partial charge is 0.417 e. The van der Waals surface area contributed by atoms with Gasteiger partial charge in [-0.05, 0) is 18.2 Å². The van der Waals surface area contributed by atoms with E-state index < -0.39 is 5.76 Å². The van der Waals surface area contributed by atoms with Crippen molar-refractivity contribution >= 4 is 27.9 Å². The Labute approximate surface area is 88.7 Å². The Bertz CT molecular complexity index is 759. The first kappa shape index (κ1) is 8.96. The molecule has 1 aromatic carbocycles. The number of nitrogens with one attached hydrogen (secondary N) is 1. The Morgan fingerprint density at radius 3 is 2.88 bits per heavy atom. The van der Waals surface area contributed by atoms with E-state index in [-0.39, 0.29) is 11.5 Å². The molecule has 5 heteroatoms. The molecule has 2 aromatic heterocycles. The van der Waals surface area contributed by atoms with Crippen molar-refractivity contribution in [2.45, 2.75) is 6.92 Å². The van der Waals surface area contributed by atoms with Crippen LogP contribution in [0.3, 0.4) is 0 Å². The van der Waals surface area contributed by atoms with Crippen LogP contribution in [0.4, 0.5) is 0 Å². The molecule has 0 bridgehead atoms. The Morgan fingerprint density at radius 2 is 2.12 bits per heavy atom. The monoisotopic (exact) mass is 217 g/mol. The van der Waals surface area contributed by atoms with Crippen LogP contribution in [0.1, 0.15) is 17.5 Å². The number of ketones is 1. The van der Waals surface area contributed by atoms with E-state index in [4.69, 9.17) is 8.83 Å². The minimum absolute atomic E-state index is 0.157. The van der Waals surface area contributed by atoms with Gasteiger partial charge in [-0.3, -0.25) is 9.78 Å². The van der Waals surface area contributed by atoms with Gasteiger partial charge in [0.1, 0.15) is 5.52 Å². The number of aromatic nitrogens is 1. The second-order valence-corrected chi connectivity index (χ2v) is 3.54. The number of rotatable bonds is 1. The lowest BCUT2D eigenvalue weighted by atomic mass is 10.2. The summed E-state index contributed by atoms with van der Waals surface area (Å²) in [5.41, 5.74) is 1.37. The van der Waals surface area contributed by atoms with Crippen LogP contribution >= 0.6 is 0 Å². The molecule has 0 amide bonds. The molecule has 2 heterocycles. The Morgan fingerprint density at radius 1 is 1.31 bits per heavy atom. The molecular formula is C11H7NO4. The SMILES string of the molecule is CC(=O)c1cc2ccc3oc(=O)[nH]c3c2o1. The predicted octanol–water partition coefficient (Wildman–Crippen LogP) is 2.07. The number of furan rings is 1. The van der Waals surface area contributed by atoms with Crippen LogP contribution in [0, 0.1) is 0 Å². The molecule has 5 nitrogen and oxygen atoms in total. The molecule has 0 atom stereocenters. The Balaban J connectivity index is 2.49. The molecule has 3 aromatic rings. The molecule has 0 aliphatic heterocycles. The molecule has 80 valence electrons. The van der Waals surface area contributed by atoms with Gasteiger partial charge in [0, 0.05) is 12.3 Å². The first-order valence-electron chi connectivity index (χ1n) is 4.71. The summed E-state index contributed by atoms with van der Waals surface area (Å²) in [6.45, 7) is 1.42. The number of hydrogen-bond donors (Lipinski definition) is 1. The first-order valence-corrected chi connectivity index (χ1v) is 4.71. The average molecular weight is 217 g/mol. The van der Waals surface area contributed by atoms with Gasteiger partial charge in [-0.25, -0.2) is 4.79 Å². The normalized spacial score (nSPS) is 11.3. The van der Waals surface area contributed by atoms with Crippen molar-refractivity contribution in [2.24, 2.45) is 0 Å². The number of benzene rings is 1. The molecular weight excluding hydrogens is 210 g/mol. The van der Waals surface area contributed by atoms with E-state index in [1.54, 1.807) is 18.2 Å². The molecule has 3 rings (SSSR count). The standard InChI is InChI=1S/C11H7NO4/c1-5(13)8-4-6-2-3-7-9(10(6)15-8)12-11(14)16-7/h2-4H,1H3,(H,12,14). The van der Waals surface area contributed by atoms with Crippen molar-refractivity contribution in [1.29, 1.82) is 0 Å². The molecule has 0 aliphatic carbocycles. The minimum Gasteiger partial charge on any atom is -0.451 e. The highest BCUT2D eigenvalue weighted by Gasteiger charge is 2.13. The molecule has 0 saturated carbocycles. The summed E-state index contributed by atoms with van der Waals surface area (Å²) in [5.74, 6) is -0.428. The highest BCUT2D eigenvalue weighted by Crippen LogP contribution is 2.26. The number of carbonyl (C=O) groups is 1. The van der Waals surface area contributed by atoms with Crippen LogP contribution in [0.15, 0.2) is 31.8 Å². The van der Waals surface area contributed by atoms with Crippen molar-refractivity contribution in [2.75, 3.05) is 0 Å². The first-order chi connectivity index (χ1) is 7.65.